The normalized spacial score (nSPS) is 21.8. The summed E-state index contributed by atoms with van der Waals surface area (Å²) in [7, 11) is 1.48. The summed E-state index contributed by atoms with van der Waals surface area (Å²) in [4.78, 5) is 17.3. The number of amides is 1. The van der Waals surface area contributed by atoms with Crippen LogP contribution in [-0.2, 0) is 4.79 Å². The number of hydrogen-bond acceptors (Lipinski definition) is 4. The van der Waals surface area contributed by atoms with Crippen LogP contribution in [0.2, 0.25) is 0 Å². The average Bonchev–Trinajstić information content (AvgIpc) is 2.24. The molecular formula is C9H18N6O. The second kappa shape index (κ2) is 5.45. The van der Waals surface area contributed by atoms with E-state index in [1.54, 1.807) is 4.90 Å². The number of likely N-dealkylation sites (tertiary alicyclic amines) is 1. The summed E-state index contributed by atoms with van der Waals surface area (Å²) in [5.74, 6) is -0.468. The smallest absolute Gasteiger partial charge is 0.289 e. The fraction of sp³-hybridized carbons (Fsp3) is 0.667. The van der Waals surface area contributed by atoms with Crippen LogP contribution in [0.4, 0.5) is 0 Å². The molecule has 1 rings (SSSR count). The van der Waals surface area contributed by atoms with Crippen LogP contribution < -0.4 is 16.8 Å². The molecule has 1 aliphatic rings. The Morgan fingerprint density at radius 2 is 2.31 bits per heavy atom. The fourth-order valence-electron chi connectivity index (χ4n) is 1.68. The Hall–Kier alpha value is -1.63. The number of nitrogens with two attached hydrogens (primary N) is 2. The van der Waals surface area contributed by atoms with E-state index < -0.39 is 0 Å². The molecule has 7 heteroatoms. The molecule has 1 atom stereocenters. The molecule has 0 spiro atoms. The van der Waals surface area contributed by atoms with E-state index in [2.05, 4.69) is 10.3 Å². The first-order valence-electron chi connectivity index (χ1n) is 5.17. The molecule has 0 radical (unpaired) electrons. The van der Waals surface area contributed by atoms with Gasteiger partial charge in [-0.25, -0.2) is 0 Å². The zero-order valence-electron chi connectivity index (χ0n) is 9.36. The first-order valence-corrected chi connectivity index (χ1v) is 5.17. The Kier molecular flexibility index (Phi) is 4.24. The average molecular weight is 226 g/mol. The van der Waals surface area contributed by atoms with Gasteiger partial charge >= 0.3 is 0 Å². The highest BCUT2D eigenvalue weighted by atomic mass is 16.2. The van der Waals surface area contributed by atoms with Crippen molar-refractivity contribution in [1.29, 1.82) is 5.41 Å². The molecule has 1 saturated heterocycles. The third-order valence-electron chi connectivity index (χ3n) is 2.42. The lowest BCUT2D eigenvalue weighted by atomic mass is 10.1. The van der Waals surface area contributed by atoms with E-state index in [0.29, 0.717) is 13.1 Å². The van der Waals surface area contributed by atoms with Crippen LogP contribution in [0.1, 0.15) is 12.8 Å². The Bertz CT molecular complexity index is 313. The van der Waals surface area contributed by atoms with Gasteiger partial charge in [0.2, 0.25) is 0 Å². The van der Waals surface area contributed by atoms with E-state index in [4.69, 9.17) is 16.9 Å². The molecule has 6 N–H and O–H groups in total. The second-order valence-corrected chi connectivity index (χ2v) is 3.76. The Morgan fingerprint density at radius 3 is 2.81 bits per heavy atom. The van der Waals surface area contributed by atoms with E-state index in [0.717, 1.165) is 12.8 Å². The highest BCUT2D eigenvalue weighted by molar-refractivity contribution is 6.40. The SMILES string of the molecule is CN=C(NC(=N)N)C(=O)N1CCCC(N)C1. The van der Waals surface area contributed by atoms with Gasteiger partial charge < -0.3 is 21.7 Å². The predicted molar refractivity (Wildman–Crippen MR) is 62.2 cm³/mol. The third-order valence-corrected chi connectivity index (χ3v) is 2.42. The van der Waals surface area contributed by atoms with Crippen molar-refractivity contribution in [1.82, 2.24) is 10.2 Å². The maximum absolute atomic E-state index is 11.9. The molecule has 0 aromatic heterocycles. The minimum atomic E-state index is -0.296. The predicted octanol–water partition coefficient (Wildman–Crippen LogP) is -1.55. The number of piperidine rings is 1. The molecule has 1 aliphatic heterocycles. The Morgan fingerprint density at radius 1 is 1.62 bits per heavy atom. The van der Waals surface area contributed by atoms with Crippen LogP contribution in [0.15, 0.2) is 4.99 Å². The number of amidine groups is 1. The van der Waals surface area contributed by atoms with Crippen molar-refractivity contribution in [2.24, 2.45) is 16.5 Å². The third kappa shape index (κ3) is 3.20. The van der Waals surface area contributed by atoms with E-state index >= 15 is 0 Å². The molecule has 7 nitrogen and oxygen atoms in total. The monoisotopic (exact) mass is 226 g/mol. The van der Waals surface area contributed by atoms with Gasteiger partial charge in [0.05, 0.1) is 0 Å². The zero-order chi connectivity index (χ0) is 12.1. The van der Waals surface area contributed by atoms with Gasteiger partial charge in [0, 0.05) is 26.2 Å². The van der Waals surface area contributed by atoms with E-state index in [1.165, 1.54) is 7.05 Å². The number of aliphatic imine (C=N–C) groups is 1. The van der Waals surface area contributed by atoms with Crippen LogP contribution in [0, 0.1) is 5.41 Å². The highest BCUT2D eigenvalue weighted by Gasteiger charge is 2.24. The second-order valence-electron chi connectivity index (χ2n) is 3.76. The van der Waals surface area contributed by atoms with Gasteiger partial charge in [-0.2, -0.15) is 0 Å². The molecule has 0 saturated carbocycles. The van der Waals surface area contributed by atoms with Crippen molar-refractivity contribution in [3.05, 3.63) is 0 Å². The standard InChI is InChI=1S/C9H18N6O/c1-13-7(14-9(11)12)8(16)15-4-2-3-6(10)5-15/h6H,2-5,10H2,1H3,(H4,11,12,13,14). The largest absolute Gasteiger partial charge is 0.370 e. The molecule has 0 aromatic carbocycles. The Balaban J connectivity index is 2.64. The summed E-state index contributed by atoms with van der Waals surface area (Å²) in [6, 6.07) is 0.0214. The summed E-state index contributed by atoms with van der Waals surface area (Å²) >= 11 is 0. The summed E-state index contributed by atoms with van der Waals surface area (Å²) < 4.78 is 0. The molecule has 1 heterocycles. The van der Waals surface area contributed by atoms with Crippen LogP contribution >= 0.6 is 0 Å². The van der Waals surface area contributed by atoms with Crippen LogP contribution in [0.5, 0.6) is 0 Å². The maximum atomic E-state index is 11.9. The summed E-state index contributed by atoms with van der Waals surface area (Å²) in [5, 5.41) is 9.49. The lowest BCUT2D eigenvalue weighted by Crippen LogP contribution is -2.52. The lowest BCUT2D eigenvalue weighted by molar-refractivity contribution is -0.125. The molecule has 0 aliphatic carbocycles. The first kappa shape index (κ1) is 12.4. The summed E-state index contributed by atoms with van der Waals surface area (Å²) in [6.45, 7) is 1.20. The van der Waals surface area contributed by atoms with Crippen LogP contribution in [-0.4, -0.2) is 48.8 Å². The Labute approximate surface area is 94.4 Å². The van der Waals surface area contributed by atoms with Gasteiger partial charge in [0.15, 0.2) is 11.8 Å². The molecule has 1 amide bonds. The van der Waals surface area contributed by atoms with Gasteiger partial charge in [0.1, 0.15) is 0 Å². The van der Waals surface area contributed by atoms with Gasteiger partial charge in [-0.1, -0.05) is 0 Å². The lowest BCUT2D eigenvalue weighted by Gasteiger charge is -2.30. The van der Waals surface area contributed by atoms with Crippen molar-refractivity contribution in [2.75, 3.05) is 20.1 Å². The number of guanidine groups is 1. The van der Waals surface area contributed by atoms with Crippen molar-refractivity contribution >= 4 is 17.7 Å². The molecule has 1 fully saturated rings. The minimum absolute atomic E-state index is 0.0214. The number of nitrogens with zero attached hydrogens (tertiary/aromatic N) is 2. The van der Waals surface area contributed by atoms with Crippen LogP contribution in [0.25, 0.3) is 0 Å². The summed E-state index contributed by atoms with van der Waals surface area (Å²) in [6.07, 6.45) is 1.83. The van der Waals surface area contributed by atoms with Gasteiger partial charge in [-0.3, -0.25) is 15.2 Å². The number of carbonyl (C=O) groups excluding carboxylic acids is 1. The van der Waals surface area contributed by atoms with Crippen LogP contribution in [0.3, 0.4) is 0 Å². The highest BCUT2D eigenvalue weighted by Crippen LogP contribution is 2.08. The first-order chi connectivity index (χ1) is 7.54. The topological polar surface area (TPSA) is 121 Å². The van der Waals surface area contributed by atoms with E-state index in [-0.39, 0.29) is 23.7 Å². The molecule has 0 aromatic rings. The van der Waals surface area contributed by atoms with Gasteiger partial charge in [-0.05, 0) is 12.8 Å². The summed E-state index contributed by atoms with van der Waals surface area (Å²) in [5.41, 5.74) is 10.9. The van der Waals surface area contributed by atoms with Crippen molar-refractivity contribution in [3.63, 3.8) is 0 Å². The van der Waals surface area contributed by atoms with Crippen molar-refractivity contribution < 1.29 is 4.79 Å². The molecule has 1 unspecified atom stereocenters. The van der Waals surface area contributed by atoms with Crippen molar-refractivity contribution in [3.8, 4) is 0 Å². The van der Waals surface area contributed by atoms with Crippen molar-refractivity contribution in [2.45, 2.75) is 18.9 Å². The number of rotatable bonds is 0. The fourth-order valence-corrected chi connectivity index (χ4v) is 1.68. The minimum Gasteiger partial charge on any atom is -0.370 e. The molecular weight excluding hydrogens is 208 g/mol. The molecule has 16 heavy (non-hydrogen) atoms. The van der Waals surface area contributed by atoms with Gasteiger partial charge in [0.25, 0.3) is 5.91 Å². The maximum Gasteiger partial charge on any atom is 0.289 e. The molecule has 90 valence electrons. The number of hydrogen-bond donors (Lipinski definition) is 4. The quantitative estimate of drug-likeness (QED) is 0.295. The molecule has 0 bridgehead atoms. The van der Waals surface area contributed by atoms with E-state index in [1.807, 2.05) is 0 Å². The number of nitrogens with one attached hydrogen (secondary N) is 2. The van der Waals surface area contributed by atoms with Gasteiger partial charge in [-0.15, -0.1) is 0 Å². The number of carbonyl (C=O) groups is 1. The zero-order valence-corrected chi connectivity index (χ0v) is 9.36. The van der Waals surface area contributed by atoms with E-state index in [9.17, 15) is 4.79 Å².